The Morgan fingerprint density at radius 2 is 1.52 bits per heavy atom. The lowest BCUT2D eigenvalue weighted by Gasteiger charge is -2.14. The Labute approximate surface area is 134 Å². The molecule has 0 heterocycles. The average Bonchev–Trinajstić information content (AvgIpc) is 2.54. The van der Waals surface area contributed by atoms with Crippen LogP contribution in [0.5, 0.6) is 0 Å². The molecule has 0 unspecified atom stereocenters. The minimum absolute atomic E-state index is 0.0644. The van der Waals surface area contributed by atoms with E-state index in [9.17, 15) is 14.4 Å². The van der Waals surface area contributed by atoms with Gasteiger partial charge in [-0.25, -0.2) is 0 Å². The maximum Gasteiger partial charge on any atom is 0.240 e. The summed E-state index contributed by atoms with van der Waals surface area (Å²) in [5.41, 5.74) is 7.28. The summed E-state index contributed by atoms with van der Waals surface area (Å²) in [6.07, 6.45) is 0.286. The molecule has 0 saturated heterocycles. The van der Waals surface area contributed by atoms with Crippen molar-refractivity contribution in [3.63, 3.8) is 0 Å². The Kier molecular flexibility index (Phi) is 5.25. The third kappa shape index (κ3) is 4.51. The SMILES string of the molecule is CC(=O)N[C@@H](Cc1ccc(C(=O)c2ccccc2)cc1)C(N)=O. The summed E-state index contributed by atoms with van der Waals surface area (Å²) in [6, 6.07) is 15.2. The van der Waals surface area contributed by atoms with Crippen LogP contribution in [0.3, 0.4) is 0 Å². The third-order valence-corrected chi connectivity index (χ3v) is 3.41. The first-order valence-electron chi connectivity index (χ1n) is 7.22. The molecule has 0 saturated carbocycles. The second-order valence-corrected chi connectivity index (χ2v) is 5.25. The van der Waals surface area contributed by atoms with Crippen molar-refractivity contribution in [1.82, 2.24) is 5.32 Å². The monoisotopic (exact) mass is 310 g/mol. The highest BCUT2D eigenvalue weighted by molar-refractivity contribution is 6.08. The van der Waals surface area contributed by atoms with Crippen molar-refractivity contribution in [2.45, 2.75) is 19.4 Å². The minimum Gasteiger partial charge on any atom is -0.368 e. The van der Waals surface area contributed by atoms with Gasteiger partial charge in [0.1, 0.15) is 6.04 Å². The Morgan fingerprint density at radius 3 is 2.04 bits per heavy atom. The standard InChI is InChI=1S/C18H18N2O3/c1-12(21)20-16(18(19)23)11-13-7-9-15(10-8-13)17(22)14-5-3-2-4-6-14/h2-10,16H,11H2,1H3,(H2,19,23)(H,20,21)/t16-/m0/s1. The van der Waals surface area contributed by atoms with Gasteiger partial charge in [0.25, 0.3) is 0 Å². The van der Waals surface area contributed by atoms with Crippen LogP contribution in [-0.4, -0.2) is 23.6 Å². The van der Waals surface area contributed by atoms with Crippen molar-refractivity contribution >= 4 is 17.6 Å². The summed E-state index contributed by atoms with van der Waals surface area (Å²) in [5, 5.41) is 2.51. The molecule has 0 aliphatic heterocycles. The summed E-state index contributed by atoms with van der Waals surface area (Å²) >= 11 is 0. The molecule has 0 radical (unpaired) electrons. The van der Waals surface area contributed by atoms with Crippen LogP contribution >= 0.6 is 0 Å². The van der Waals surface area contributed by atoms with Crippen molar-refractivity contribution < 1.29 is 14.4 Å². The van der Waals surface area contributed by atoms with E-state index in [-0.39, 0.29) is 18.1 Å². The van der Waals surface area contributed by atoms with Gasteiger partial charge < -0.3 is 11.1 Å². The Hall–Kier alpha value is -2.95. The van der Waals surface area contributed by atoms with Crippen LogP contribution in [0.1, 0.15) is 28.4 Å². The molecule has 0 aliphatic carbocycles. The van der Waals surface area contributed by atoms with Gasteiger partial charge in [0.05, 0.1) is 0 Å². The first-order chi connectivity index (χ1) is 11.0. The molecule has 0 spiro atoms. The number of amides is 2. The maximum atomic E-state index is 12.3. The van der Waals surface area contributed by atoms with Crippen molar-refractivity contribution in [3.8, 4) is 0 Å². The van der Waals surface area contributed by atoms with Crippen LogP contribution in [0.4, 0.5) is 0 Å². The van der Waals surface area contributed by atoms with E-state index in [1.54, 1.807) is 36.4 Å². The number of nitrogens with one attached hydrogen (secondary N) is 1. The van der Waals surface area contributed by atoms with Crippen LogP contribution in [0.15, 0.2) is 54.6 Å². The highest BCUT2D eigenvalue weighted by Crippen LogP contribution is 2.12. The normalized spacial score (nSPS) is 11.5. The van der Waals surface area contributed by atoms with E-state index in [1.165, 1.54) is 6.92 Å². The number of nitrogens with two attached hydrogens (primary N) is 1. The summed E-state index contributed by atoms with van der Waals surface area (Å²) in [7, 11) is 0. The van der Waals surface area contributed by atoms with E-state index >= 15 is 0 Å². The number of carbonyl (C=O) groups is 3. The van der Waals surface area contributed by atoms with Gasteiger partial charge in [-0.15, -0.1) is 0 Å². The number of hydrogen-bond donors (Lipinski definition) is 2. The fraction of sp³-hybridized carbons (Fsp3) is 0.167. The molecule has 23 heavy (non-hydrogen) atoms. The molecule has 2 amide bonds. The van der Waals surface area contributed by atoms with Gasteiger partial charge in [0, 0.05) is 24.5 Å². The summed E-state index contributed by atoms with van der Waals surface area (Å²) in [5.74, 6) is -0.972. The number of primary amides is 1. The molecule has 2 rings (SSSR count). The van der Waals surface area contributed by atoms with Crippen LogP contribution in [-0.2, 0) is 16.0 Å². The van der Waals surface area contributed by atoms with E-state index in [0.29, 0.717) is 11.1 Å². The van der Waals surface area contributed by atoms with Crippen LogP contribution < -0.4 is 11.1 Å². The zero-order valence-corrected chi connectivity index (χ0v) is 12.8. The fourth-order valence-electron chi connectivity index (χ4n) is 2.25. The molecule has 118 valence electrons. The van der Waals surface area contributed by atoms with Crippen molar-refractivity contribution in [2.75, 3.05) is 0 Å². The maximum absolute atomic E-state index is 12.3. The smallest absolute Gasteiger partial charge is 0.240 e. The molecule has 2 aromatic rings. The number of ketones is 1. The molecular formula is C18H18N2O3. The van der Waals surface area contributed by atoms with E-state index < -0.39 is 11.9 Å². The topological polar surface area (TPSA) is 89.3 Å². The lowest BCUT2D eigenvalue weighted by Crippen LogP contribution is -2.44. The van der Waals surface area contributed by atoms with Crippen molar-refractivity contribution in [2.24, 2.45) is 5.73 Å². The molecule has 0 aliphatic rings. The molecule has 3 N–H and O–H groups in total. The zero-order chi connectivity index (χ0) is 16.8. The molecule has 2 aromatic carbocycles. The predicted octanol–water partition coefficient (Wildman–Crippen LogP) is 1.45. The number of carbonyl (C=O) groups excluding carboxylic acids is 3. The fourth-order valence-corrected chi connectivity index (χ4v) is 2.25. The third-order valence-electron chi connectivity index (χ3n) is 3.41. The molecular weight excluding hydrogens is 292 g/mol. The van der Waals surface area contributed by atoms with Crippen LogP contribution in [0.2, 0.25) is 0 Å². The predicted molar refractivity (Wildman–Crippen MR) is 86.8 cm³/mol. The molecule has 5 nitrogen and oxygen atoms in total. The minimum atomic E-state index is -0.761. The lowest BCUT2D eigenvalue weighted by molar-refractivity contribution is -0.126. The molecule has 5 heteroatoms. The van der Waals surface area contributed by atoms with E-state index in [0.717, 1.165) is 5.56 Å². The first-order valence-corrected chi connectivity index (χ1v) is 7.22. The van der Waals surface area contributed by atoms with Gasteiger partial charge in [0.15, 0.2) is 5.78 Å². The quantitative estimate of drug-likeness (QED) is 0.791. The summed E-state index contributed by atoms with van der Waals surface area (Å²) < 4.78 is 0. The van der Waals surface area contributed by atoms with Gasteiger partial charge in [-0.05, 0) is 5.56 Å². The second-order valence-electron chi connectivity index (χ2n) is 5.25. The zero-order valence-electron chi connectivity index (χ0n) is 12.8. The Balaban J connectivity index is 2.11. The van der Waals surface area contributed by atoms with Gasteiger partial charge in [-0.1, -0.05) is 54.6 Å². The number of hydrogen-bond acceptors (Lipinski definition) is 3. The Bertz CT molecular complexity index is 709. The molecule has 1 atom stereocenters. The molecule has 0 fully saturated rings. The van der Waals surface area contributed by atoms with Gasteiger partial charge >= 0.3 is 0 Å². The Morgan fingerprint density at radius 1 is 0.957 bits per heavy atom. The van der Waals surface area contributed by atoms with Crippen molar-refractivity contribution in [3.05, 3.63) is 71.3 Å². The lowest BCUT2D eigenvalue weighted by atomic mass is 9.99. The van der Waals surface area contributed by atoms with Crippen LogP contribution in [0, 0.1) is 0 Å². The summed E-state index contributed by atoms with van der Waals surface area (Å²) in [4.78, 5) is 34.7. The van der Waals surface area contributed by atoms with E-state index in [4.69, 9.17) is 5.73 Å². The highest BCUT2D eigenvalue weighted by Gasteiger charge is 2.17. The average molecular weight is 310 g/mol. The number of benzene rings is 2. The summed E-state index contributed by atoms with van der Waals surface area (Å²) in [6.45, 7) is 1.33. The van der Waals surface area contributed by atoms with Gasteiger partial charge in [0.2, 0.25) is 11.8 Å². The number of rotatable bonds is 6. The van der Waals surface area contributed by atoms with E-state index in [1.807, 2.05) is 18.2 Å². The van der Waals surface area contributed by atoms with Gasteiger partial charge in [-0.3, -0.25) is 14.4 Å². The largest absolute Gasteiger partial charge is 0.368 e. The molecule has 0 aromatic heterocycles. The second kappa shape index (κ2) is 7.35. The van der Waals surface area contributed by atoms with Crippen molar-refractivity contribution in [1.29, 1.82) is 0 Å². The van der Waals surface area contributed by atoms with E-state index in [2.05, 4.69) is 5.32 Å². The molecule has 0 bridgehead atoms. The van der Waals surface area contributed by atoms with Crippen LogP contribution in [0.25, 0.3) is 0 Å². The van der Waals surface area contributed by atoms with Gasteiger partial charge in [-0.2, -0.15) is 0 Å². The first kappa shape index (κ1) is 16.4. The highest BCUT2D eigenvalue weighted by atomic mass is 16.2.